The van der Waals surface area contributed by atoms with Gasteiger partial charge in [0.15, 0.2) is 0 Å². The van der Waals surface area contributed by atoms with Crippen molar-refractivity contribution in [3.8, 4) is 0 Å². The van der Waals surface area contributed by atoms with Crippen LogP contribution in [0.25, 0.3) is 0 Å². The molecule has 0 saturated carbocycles. The van der Waals surface area contributed by atoms with Crippen molar-refractivity contribution in [3.05, 3.63) is 57.8 Å². The molecule has 102 valence electrons. The van der Waals surface area contributed by atoms with Gasteiger partial charge in [-0.3, -0.25) is 5.84 Å². The van der Waals surface area contributed by atoms with Crippen LogP contribution in [0, 0.1) is 33.5 Å². The molecule has 19 heavy (non-hydrogen) atoms. The highest BCUT2D eigenvalue weighted by Crippen LogP contribution is 2.31. The van der Waals surface area contributed by atoms with Crippen LogP contribution >= 0.6 is 0 Å². The van der Waals surface area contributed by atoms with Crippen molar-refractivity contribution in [3.63, 3.8) is 0 Å². The fourth-order valence-electron chi connectivity index (χ4n) is 2.43. The first-order valence-electron chi connectivity index (χ1n) is 6.24. The number of hydrazine groups is 1. The second-order valence-electron chi connectivity index (χ2n) is 4.86. The summed E-state index contributed by atoms with van der Waals surface area (Å²) in [6, 6.07) is 4.82. The van der Waals surface area contributed by atoms with Crippen molar-refractivity contribution >= 4 is 0 Å². The van der Waals surface area contributed by atoms with E-state index in [2.05, 4.69) is 5.43 Å². The molecule has 0 spiro atoms. The van der Waals surface area contributed by atoms with Gasteiger partial charge in [0, 0.05) is 5.56 Å². The molecule has 0 aliphatic heterocycles. The standard InChI is InChI=1S/C15H19FN2O/c1-8-7-12(5-6-13(8)16)15(18-17)14-9(2)10(3)19-11(14)4/h5-7,15,18H,17H2,1-4H3. The second-order valence-corrected chi connectivity index (χ2v) is 4.86. The Bertz CT molecular complexity index is 604. The molecular weight excluding hydrogens is 243 g/mol. The van der Waals surface area contributed by atoms with E-state index >= 15 is 0 Å². The Balaban J connectivity index is 2.52. The maximum absolute atomic E-state index is 13.4. The number of rotatable bonds is 3. The van der Waals surface area contributed by atoms with Crippen LogP contribution in [0.5, 0.6) is 0 Å². The van der Waals surface area contributed by atoms with E-state index in [4.69, 9.17) is 10.3 Å². The SMILES string of the molecule is Cc1cc(C(NN)c2c(C)oc(C)c2C)ccc1F. The zero-order valence-corrected chi connectivity index (χ0v) is 11.7. The molecule has 0 aliphatic rings. The summed E-state index contributed by atoms with van der Waals surface area (Å²) < 4.78 is 19.0. The largest absolute Gasteiger partial charge is 0.466 e. The third kappa shape index (κ3) is 2.41. The van der Waals surface area contributed by atoms with Crippen LogP contribution in [0.2, 0.25) is 0 Å². The molecule has 1 aromatic heterocycles. The summed E-state index contributed by atoms with van der Waals surface area (Å²) in [5.74, 6) is 7.19. The van der Waals surface area contributed by atoms with Crippen molar-refractivity contribution in [2.24, 2.45) is 5.84 Å². The van der Waals surface area contributed by atoms with Crippen molar-refractivity contribution < 1.29 is 8.81 Å². The first-order valence-corrected chi connectivity index (χ1v) is 6.24. The number of hydrogen-bond acceptors (Lipinski definition) is 3. The molecule has 1 unspecified atom stereocenters. The summed E-state index contributed by atoms with van der Waals surface area (Å²) >= 11 is 0. The van der Waals surface area contributed by atoms with Crippen LogP contribution in [0.4, 0.5) is 4.39 Å². The van der Waals surface area contributed by atoms with Gasteiger partial charge < -0.3 is 4.42 Å². The van der Waals surface area contributed by atoms with Crippen molar-refractivity contribution in [1.82, 2.24) is 5.43 Å². The van der Waals surface area contributed by atoms with E-state index in [9.17, 15) is 4.39 Å². The predicted molar refractivity (Wildman–Crippen MR) is 73.2 cm³/mol. The lowest BCUT2D eigenvalue weighted by Crippen LogP contribution is -2.29. The summed E-state index contributed by atoms with van der Waals surface area (Å²) in [5.41, 5.74) is 6.41. The van der Waals surface area contributed by atoms with E-state index in [1.54, 1.807) is 19.1 Å². The smallest absolute Gasteiger partial charge is 0.126 e. The van der Waals surface area contributed by atoms with Gasteiger partial charge in [-0.2, -0.15) is 0 Å². The van der Waals surface area contributed by atoms with Crippen LogP contribution in [-0.2, 0) is 0 Å². The fourth-order valence-corrected chi connectivity index (χ4v) is 2.43. The molecule has 0 aliphatic carbocycles. The summed E-state index contributed by atoms with van der Waals surface area (Å²) in [7, 11) is 0. The highest BCUT2D eigenvalue weighted by molar-refractivity contribution is 5.41. The lowest BCUT2D eigenvalue weighted by molar-refractivity contribution is 0.494. The third-order valence-electron chi connectivity index (χ3n) is 3.59. The molecule has 2 rings (SSSR count). The molecule has 1 heterocycles. The maximum atomic E-state index is 13.4. The molecule has 0 saturated heterocycles. The van der Waals surface area contributed by atoms with Gasteiger partial charge in [-0.25, -0.2) is 9.82 Å². The summed E-state index contributed by atoms with van der Waals surface area (Å²) in [6.07, 6.45) is 0. The highest BCUT2D eigenvalue weighted by Gasteiger charge is 2.22. The molecule has 1 atom stereocenters. The Morgan fingerprint density at radius 3 is 2.32 bits per heavy atom. The Morgan fingerprint density at radius 2 is 1.84 bits per heavy atom. The number of halogens is 1. The summed E-state index contributed by atoms with van der Waals surface area (Å²) in [6.45, 7) is 7.58. The van der Waals surface area contributed by atoms with E-state index in [0.717, 1.165) is 28.2 Å². The van der Waals surface area contributed by atoms with E-state index in [-0.39, 0.29) is 11.9 Å². The Kier molecular flexibility index (Phi) is 3.73. The molecule has 2 aromatic rings. The van der Waals surface area contributed by atoms with Gasteiger partial charge in [0.25, 0.3) is 0 Å². The fraction of sp³-hybridized carbons (Fsp3) is 0.333. The van der Waals surface area contributed by atoms with E-state index in [1.165, 1.54) is 6.07 Å². The zero-order chi connectivity index (χ0) is 14.2. The van der Waals surface area contributed by atoms with Gasteiger partial charge in [0.05, 0.1) is 6.04 Å². The van der Waals surface area contributed by atoms with Crippen LogP contribution in [0.1, 0.15) is 39.8 Å². The molecule has 0 fully saturated rings. The summed E-state index contributed by atoms with van der Waals surface area (Å²) in [4.78, 5) is 0. The number of furan rings is 1. The maximum Gasteiger partial charge on any atom is 0.126 e. The minimum absolute atomic E-state index is 0.197. The average Bonchev–Trinajstić information content (AvgIpc) is 2.61. The molecule has 3 nitrogen and oxygen atoms in total. The second kappa shape index (κ2) is 5.15. The van der Waals surface area contributed by atoms with Crippen LogP contribution < -0.4 is 11.3 Å². The minimum atomic E-state index is -0.212. The molecule has 0 radical (unpaired) electrons. The van der Waals surface area contributed by atoms with Crippen molar-refractivity contribution in [2.75, 3.05) is 0 Å². The molecular formula is C15H19FN2O. The van der Waals surface area contributed by atoms with Crippen molar-refractivity contribution in [1.29, 1.82) is 0 Å². The van der Waals surface area contributed by atoms with Crippen LogP contribution in [0.15, 0.2) is 22.6 Å². The summed E-state index contributed by atoms with van der Waals surface area (Å²) in [5, 5.41) is 0. The highest BCUT2D eigenvalue weighted by atomic mass is 19.1. The number of aryl methyl sites for hydroxylation is 3. The molecule has 4 heteroatoms. The van der Waals surface area contributed by atoms with Crippen LogP contribution in [0.3, 0.4) is 0 Å². The Labute approximate surface area is 112 Å². The predicted octanol–water partition coefficient (Wildman–Crippen LogP) is 3.21. The van der Waals surface area contributed by atoms with Gasteiger partial charge in [-0.05, 0) is 50.5 Å². The van der Waals surface area contributed by atoms with Crippen LogP contribution in [-0.4, -0.2) is 0 Å². The normalized spacial score (nSPS) is 12.7. The average molecular weight is 262 g/mol. The van der Waals surface area contributed by atoms with E-state index in [0.29, 0.717) is 5.56 Å². The Hall–Kier alpha value is -1.65. The van der Waals surface area contributed by atoms with Gasteiger partial charge >= 0.3 is 0 Å². The molecule has 1 aromatic carbocycles. The van der Waals surface area contributed by atoms with E-state index in [1.807, 2.05) is 20.8 Å². The molecule has 0 amide bonds. The number of benzene rings is 1. The van der Waals surface area contributed by atoms with Gasteiger partial charge in [0.1, 0.15) is 17.3 Å². The number of nitrogens with one attached hydrogen (secondary N) is 1. The van der Waals surface area contributed by atoms with Crippen molar-refractivity contribution in [2.45, 2.75) is 33.7 Å². The lowest BCUT2D eigenvalue weighted by Gasteiger charge is -2.18. The first-order chi connectivity index (χ1) is 8.95. The van der Waals surface area contributed by atoms with E-state index < -0.39 is 0 Å². The number of nitrogens with two attached hydrogens (primary N) is 1. The lowest BCUT2D eigenvalue weighted by atomic mass is 9.95. The molecule has 3 N–H and O–H groups in total. The van der Waals surface area contributed by atoms with Gasteiger partial charge in [0.2, 0.25) is 0 Å². The van der Waals surface area contributed by atoms with Gasteiger partial charge in [-0.15, -0.1) is 0 Å². The van der Waals surface area contributed by atoms with Gasteiger partial charge in [-0.1, -0.05) is 12.1 Å². The zero-order valence-electron chi connectivity index (χ0n) is 11.7. The topological polar surface area (TPSA) is 51.2 Å². The number of hydrogen-bond donors (Lipinski definition) is 2. The quantitative estimate of drug-likeness (QED) is 0.659. The molecule has 0 bridgehead atoms. The Morgan fingerprint density at radius 1 is 1.16 bits per heavy atom. The third-order valence-corrected chi connectivity index (χ3v) is 3.59. The first kappa shape index (κ1) is 13.8. The minimum Gasteiger partial charge on any atom is -0.466 e. The monoisotopic (exact) mass is 262 g/mol.